The Morgan fingerprint density at radius 1 is 1.04 bits per heavy atom. The van der Waals surface area contributed by atoms with Gasteiger partial charge in [-0.05, 0) is 50.2 Å². The van der Waals surface area contributed by atoms with Crippen LogP contribution in [0.1, 0.15) is 22.8 Å². The first kappa shape index (κ1) is 18.9. The first-order valence-electron chi connectivity index (χ1n) is 9.04. The monoisotopic (exact) mass is 368 g/mol. The predicted octanol–water partition coefficient (Wildman–Crippen LogP) is 2.87. The zero-order valence-electron chi connectivity index (χ0n) is 15.6. The highest BCUT2D eigenvalue weighted by Gasteiger charge is 2.19. The van der Waals surface area contributed by atoms with Gasteiger partial charge in [-0.15, -0.1) is 0 Å². The maximum atomic E-state index is 12.4. The molecular formula is C21H24N2O4. The highest BCUT2D eigenvalue weighted by atomic mass is 16.5. The number of ether oxygens (including phenoxy) is 2. The van der Waals surface area contributed by atoms with Crippen molar-refractivity contribution in [3.63, 3.8) is 0 Å². The third-order valence-electron chi connectivity index (χ3n) is 4.40. The average Bonchev–Trinajstić information content (AvgIpc) is 2.70. The van der Waals surface area contributed by atoms with Crippen LogP contribution in [-0.2, 0) is 9.53 Å². The number of nitrogens with zero attached hydrogens (tertiary/aromatic N) is 1. The molecule has 2 amide bonds. The summed E-state index contributed by atoms with van der Waals surface area (Å²) in [5, 5.41) is 2.81. The molecule has 3 rings (SSSR count). The van der Waals surface area contributed by atoms with Gasteiger partial charge in [0, 0.05) is 24.3 Å². The van der Waals surface area contributed by atoms with Crippen LogP contribution in [0, 0.1) is 6.92 Å². The molecule has 1 atom stereocenters. The third-order valence-corrected chi connectivity index (χ3v) is 4.40. The van der Waals surface area contributed by atoms with Crippen LogP contribution in [0.5, 0.6) is 5.75 Å². The fourth-order valence-electron chi connectivity index (χ4n) is 2.76. The lowest BCUT2D eigenvalue weighted by Crippen LogP contribution is -2.40. The van der Waals surface area contributed by atoms with Gasteiger partial charge < -0.3 is 19.7 Å². The van der Waals surface area contributed by atoms with E-state index in [1.165, 1.54) is 0 Å². The van der Waals surface area contributed by atoms with Crippen LogP contribution in [0.3, 0.4) is 0 Å². The Bertz CT molecular complexity index is 781. The zero-order valence-corrected chi connectivity index (χ0v) is 15.6. The number of hydrogen-bond acceptors (Lipinski definition) is 4. The molecule has 6 heteroatoms. The summed E-state index contributed by atoms with van der Waals surface area (Å²) in [6.45, 7) is 6.03. The molecule has 1 aliphatic rings. The van der Waals surface area contributed by atoms with Crippen LogP contribution in [0.25, 0.3) is 0 Å². The number of anilines is 1. The van der Waals surface area contributed by atoms with Gasteiger partial charge in [0.2, 0.25) is 0 Å². The van der Waals surface area contributed by atoms with E-state index in [2.05, 4.69) is 5.32 Å². The Balaban J connectivity index is 1.56. The Morgan fingerprint density at radius 2 is 1.67 bits per heavy atom. The Morgan fingerprint density at radius 3 is 2.30 bits per heavy atom. The van der Waals surface area contributed by atoms with Crippen molar-refractivity contribution in [2.24, 2.45) is 0 Å². The fraction of sp³-hybridized carbons (Fsp3) is 0.333. The second-order valence-electron chi connectivity index (χ2n) is 6.54. The molecule has 2 aromatic carbocycles. The summed E-state index contributed by atoms with van der Waals surface area (Å²) in [6, 6.07) is 14.4. The van der Waals surface area contributed by atoms with Crippen molar-refractivity contribution in [1.29, 1.82) is 0 Å². The highest BCUT2D eigenvalue weighted by Crippen LogP contribution is 2.16. The fourth-order valence-corrected chi connectivity index (χ4v) is 2.76. The van der Waals surface area contributed by atoms with Crippen LogP contribution in [0.4, 0.5) is 5.69 Å². The van der Waals surface area contributed by atoms with Gasteiger partial charge in [-0.25, -0.2) is 0 Å². The highest BCUT2D eigenvalue weighted by molar-refractivity contribution is 5.96. The third kappa shape index (κ3) is 5.08. The minimum absolute atomic E-state index is 0.0211. The van der Waals surface area contributed by atoms with Crippen LogP contribution >= 0.6 is 0 Å². The molecule has 0 bridgehead atoms. The molecule has 6 nitrogen and oxygen atoms in total. The minimum Gasteiger partial charge on any atom is -0.481 e. The summed E-state index contributed by atoms with van der Waals surface area (Å²) in [5.41, 5.74) is 2.35. The number of nitrogens with one attached hydrogen (secondary N) is 1. The van der Waals surface area contributed by atoms with E-state index in [1.54, 1.807) is 36.1 Å². The minimum atomic E-state index is -0.637. The molecule has 1 unspecified atom stereocenters. The summed E-state index contributed by atoms with van der Waals surface area (Å²) in [7, 11) is 0. The van der Waals surface area contributed by atoms with Crippen LogP contribution in [0.2, 0.25) is 0 Å². The molecule has 1 fully saturated rings. The lowest BCUT2D eigenvalue weighted by atomic mass is 10.1. The Kier molecular flexibility index (Phi) is 6.08. The number of rotatable bonds is 5. The van der Waals surface area contributed by atoms with E-state index in [4.69, 9.17) is 9.47 Å². The molecule has 1 saturated heterocycles. The molecule has 142 valence electrons. The lowest BCUT2D eigenvalue weighted by Gasteiger charge is -2.26. The van der Waals surface area contributed by atoms with Crippen molar-refractivity contribution >= 4 is 17.5 Å². The molecular weight excluding hydrogens is 344 g/mol. The van der Waals surface area contributed by atoms with Gasteiger partial charge in [0.1, 0.15) is 5.75 Å². The summed E-state index contributed by atoms with van der Waals surface area (Å²) in [4.78, 5) is 26.5. The largest absolute Gasteiger partial charge is 0.481 e. The van der Waals surface area contributed by atoms with Crippen molar-refractivity contribution in [2.75, 3.05) is 31.6 Å². The maximum absolute atomic E-state index is 12.4. The number of carbonyl (C=O) groups excluding carboxylic acids is 2. The van der Waals surface area contributed by atoms with Gasteiger partial charge >= 0.3 is 0 Å². The van der Waals surface area contributed by atoms with Crippen molar-refractivity contribution in [2.45, 2.75) is 20.0 Å². The Hall–Kier alpha value is -2.86. The number of hydrogen-bond donors (Lipinski definition) is 1. The maximum Gasteiger partial charge on any atom is 0.265 e. The molecule has 0 spiro atoms. The van der Waals surface area contributed by atoms with E-state index in [0.717, 1.165) is 5.56 Å². The predicted molar refractivity (Wildman–Crippen MR) is 103 cm³/mol. The normalized spacial score (nSPS) is 15.1. The van der Waals surface area contributed by atoms with Crippen molar-refractivity contribution in [3.05, 3.63) is 59.7 Å². The molecule has 1 N–H and O–H groups in total. The second kappa shape index (κ2) is 8.68. The van der Waals surface area contributed by atoms with Crippen molar-refractivity contribution < 1.29 is 19.1 Å². The van der Waals surface area contributed by atoms with E-state index in [0.29, 0.717) is 43.3 Å². The molecule has 27 heavy (non-hydrogen) atoms. The molecule has 2 aromatic rings. The molecule has 0 saturated carbocycles. The van der Waals surface area contributed by atoms with E-state index in [-0.39, 0.29) is 11.8 Å². The van der Waals surface area contributed by atoms with Gasteiger partial charge in [-0.3, -0.25) is 9.59 Å². The van der Waals surface area contributed by atoms with Gasteiger partial charge in [0.15, 0.2) is 6.10 Å². The molecule has 0 aliphatic carbocycles. The summed E-state index contributed by atoms with van der Waals surface area (Å²) < 4.78 is 10.9. The van der Waals surface area contributed by atoms with Crippen molar-refractivity contribution in [3.8, 4) is 5.75 Å². The molecule has 1 aliphatic heterocycles. The number of benzene rings is 2. The SMILES string of the molecule is Cc1ccc(OC(C)C(=O)Nc2ccc(C(=O)N3CCOCC3)cc2)cc1. The van der Waals surface area contributed by atoms with E-state index in [1.807, 2.05) is 31.2 Å². The van der Waals surface area contributed by atoms with Gasteiger partial charge in [-0.2, -0.15) is 0 Å². The van der Waals surface area contributed by atoms with E-state index < -0.39 is 6.10 Å². The van der Waals surface area contributed by atoms with Crippen LogP contribution < -0.4 is 10.1 Å². The van der Waals surface area contributed by atoms with E-state index >= 15 is 0 Å². The second-order valence-corrected chi connectivity index (χ2v) is 6.54. The topological polar surface area (TPSA) is 67.9 Å². The number of aryl methyl sites for hydroxylation is 1. The summed E-state index contributed by atoms with van der Waals surface area (Å²) in [6.07, 6.45) is -0.637. The first-order chi connectivity index (χ1) is 13.0. The number of morpholine rings is 1. The number of amides is 2. The first-order valence-corrected chi connectivity index (χ1v) is 9.04. The van der Waals surface area contributed by atoms with E-state index in [9.17, 15) is 9.59 Å². The van der Waals surface area contributed by atoms with Crippen LogP contribution in [-0.4, -0.2) is 49.1 Å². The molecule has 0 radical (unpaired) electrons. The zero-order chi connectivity index (χ0) is 19.2. The molecule has 1 heterocycles. The Labute approximate surface area is 159 Å². The van der Waals surface area contributed by atoms with Crippen molar-refractivity contribution in [1.82, 2.24) is 4.90 Å². The quantitative estimate of drug-likeness (QED) is 0.881. The standard InChI is InChI=1S/C21H24N2O4/c1-15-3-9-19(10-4-15)27-16(2)20(24)22-18-7-5-17(6-8-18)21(25)23-11-13-26-14-12-23/h3-10,16H,11-14H2,1-2H3,(H,22,24). The van der Waals surface area contributed by atoms with Crippen LogP contribution in [0.15, 0.2) is 48.5 Å². The summed E-state index contributed by atoms with van der Waals surface area (Å²) in [5.74, 6) is 0.379. The average molecular weight is 368 g/mol. The number of carbonyl (C=O) groups is 2. The summed E-state index contributed by atoms with van der Waals surface area (Å²) >= 11 is 0. The van der Waals surface area contributed by atoms with Gasteiger partial charge in [0.05, 0.1) is 13.2 Å². The smallest absolute Gasteiger partial charge is 0.265 e. The molecule has 0 aromatic heterocycles. The van der Waals surface area contributed by atoms with Gasteiger partial charge in [0.25, 0.3) is 11.8 Å². The van der Waals surface area contributed by atoms with Gasteiger partial charge in [-0.1, -0.05) is 17.7 Å². The lowest BCUT2D eigenvalue weighted by molar-refractivity contribution is -0.122.